The zero-order chi connectivity index (χ0) is 15.0. The largest absolute Gasteiger partial charge is 0.323 e. The molecule has 5 heteroatoms. The van der Waals surface area contributed by atoms with E-state index in [2.05, 4.69) is 6.07 Å². The SMILES string of the molecule is NC1c2ccccc2CCC1S(=O)c1ccc(Cl)c(Cl)c1. The second kappa shape index (κ2) is 6.09. The fourth-order valence-electron chi connectivity index (χ4n) is 2.78. The van der Waals surface area contributed by atoms with Crippen molar-refractivity contribution in [2.75, 3.05) is 0 Å². The number of rotatable bonds is 2. The summed E-state index contributed by atoms with van der Waals surface area (Å²) in [5.74, 6) is 0. The topological polar surface area (TPSA) is 43.1 Å². The summed E-state index contributed by atoms with van der Waals surface area (Å²) in [5, 5.41) is 0.792. The standard InChI is InChI=1S/C16H15Cl2NOS/c17-13-7-6-11(9-14(13)18)21(20)15-8-5-10-3-1-2-4-12(10)16(15)19/h1-4,6-7,9,15-16H,5,8,19H2. The molecule has 110 valence electrons. The quantitative estimate of drug-likeness (QED) is 0.894. The Morgan fingerprint density at radius 3 is 2.62 bits per heavy atom. The van der Waals surface area contributed by atoms with E-state index in [1.54, 1.807) is 18.2 Å². The van der Waals surface area contributed by atoms with E-state index >= 15 is 0 Å². The van der Waals surface area contributed by atoms with Crippen LogP contribution in [-0.2, 0) is 17.2 Å². The van der Waals surface area contributed by atoms with Gasteiger partial charge in [-0.2, -0.15) is 0 Å². The smallest absolute Gasteiger partial charge is 0.0604 e. The van der Waals surface area contributed by atoms with Crippen LogP contribution in [0.1, 0.15) is 23.6 Å². The van der Waals surface area contributed by atoms with E-state index in [1.165, 1.54) is 5.56 Å². The lowest BCUT2D eigenvalue weighted by Gasteiger charge is -2.30. The molecule has 3 atom stereocenters. The Morgan fingerprint density at radius 1 is 1.10 bits per heavy atom. The van der Waals surface area contributed by atoms with Gasteiger partial charge in [-0.1, -0.05) is 47.5 Å². The van der Waals surface area contributed by atoms with Crippen LogP contribution in [0.5, 0.6) is 0 Å². The van der Waals surface area contributed by atoms with Crippen LogP contribution in [-0.4, -0.2) is 9.46 Å². The lowest BCUT2D eigenvalue weighted by molar-refractivity contribution is 0.563. The molecule has 0 fully saturated rings. The van der Waals surface area contributed by atoms with Crippen molar-refractivity contribution in [3.63, 3.8) is 0 Å². The summed E-state index contributed by atoms with van der Waals surface area (Å²) in [4.78, 5) is 0.684. The molecule has 1 aliphatic carbocycles. The van der Waals surface area contributed by atoms with Gasteiger partial charge in [0.2, 0.25) is 0 Å². The molecule has 21 heavy (non-hydrogen) atoms. The van der Waals surface area contributed by atoms with Crippen molar-refractivity contribution in [3.05, 3.63) is 63.6 Å². The van der Waals surface area contributed by atoms with Gasteiger partial charge in [-0.05, 0) is 42.2 Å². The molecule has 3 rings (SSSR count). The Kier molecular flexibility index (Phi) is 4.36. The van der Waals surface area contributed by atoms with Gasteiger partial charge in [0.25, 0.3) is 0 Å². The van der Waals surface area contributed by atoms with Crippen molar-refractivity contribution in [2.45, 2.75) is 29.0 Å². The van der Waals surface area contributed by atoms with E-state index < -0.39 is 10.8 Å². The molecule has 0 bridgehead atoms. The first-order valence-electron chi connectivity index (χ1n) is 6.77. The number of halogens is 2. The zero-order valence-electron chi connectivity index (χ0n) is 11.3. The van der Waals surface area contributed by atoms with Gasteiger partial charge in [0.05, 0.1) is 26.1 Å². The highest BCUT2D eigenvalue weighted by Crippen LogP contribution is 2.34. The molecule has 0 spiro atoms. The third-order valence-electron chi connectivity index (χ3n) is 3.91. The van der Waals surface area contributed by atoms with Crippen molar-refractivity contribution in [3.8, 4) is 0 Å². The summed E-state index contributed by atoms with van der Waals surface area (Å²) in [5.41, 5.74) is 8.70. The molecule has 0 saturated heterocycles. The number of hydrogen-bond donors (Lipinski definition) is 1. The molecular weight excluding hydrogens is 325 g/mol. The van der Waals surface area contributed by atoms with Crippen LogP contribution in [0.3, 0.4) is 0 Å². The van der Waals surface area contributed by atoms with Crippen molar-refractivity contribution in [1.29, 1.82) is 0 Å². The predicted molar refractivity (Wildman–Crippen MR) is 88.3 cm³/mol. The number of aryl methyl sites for hydroxylation is 1. The highest BCUT2D eigenvalue weighted by Gasteiger charge is 2.31. The number of hydrogen-bond acceptors (Lipinski definition) is 2. The summed E-state index contributed by atoms with van der Waals surface area (Å²) in [6.07, 6.45) is 1.71. The summed E-state index contributed by atoms with van der Waals surface area (Å²) < 4.78 is 12.8. The minimum absolute atomic E-state index is 0.0999. The van der Waals surface area contributed by atoms with Crippen molar-refractivity contribution in [1.82, 2.24) is 0 Å². The maximum atomic E-state index is 12.8. The Hall–Kier alpha value is -0.870. The van der Waals surface area contributed by atoms with Crippen LogP contribution >= 0.6 is 23.2 Å². The highest BCUT2D eigenvalue weighted by atomic mass is 35.5. The Morgan fingerprint density at radius 2 is 1.86 bits per heavy atom. The Labute approximate surface area is 136 Å². The third-order valence-corrected chi connectivity index (χ3v) is 6.45. The molecule has 2 aromatic rings. The normalized spacial score (nSPS) is 22.6. The second-order valence-corrected chi connectivity index (χ2v) is 7.66. The van der Waals surface area contributed by atoms with Crippen molar-refractivity contribution >= 4 is 34.0 Å². The summed E-state index contributed by atoms with van der Waals surface area (Å²) in [7, 11) is -1.19. The first-order valence-corrected chi connectivity index (χ1v) is 8.74. The molecular formula is C16H15Cl2NOS. The average molecular weight is 340 g/mol. The van der Waals surface area contributed by atoms with Crippen molar-refractivity contribution < 1.29 is 4.21 Å². The molecule has 0 amide bonds. The van der Waals surface area contributed by atoms with Gasteiger partial charge in [-0.3, -0.25) is 4.21 Å². The van der Waals surface area contributed by atoms with Gasteiger partial charge in [0.1, 0.15) is 0 Å². The minimum atomic E-state index is -1.19. The highest BCUT2D eigenvalue weighted by molar-refractivity contribution is 7.85. The van der Waals surface area contributed by atoms with E-state index in [4.69, 9.17) is 28.9 Å². The third kappa shape index (κ3) is 2.88. The van der Waals surface area contributed by atoms with Crippen LogP contribution in [0.2, 0.25) is 10.0 Å². The van der Waals surface area contributed by atoms with E-state index in [0.29, 0.717) is 14.9 Å². The minimum Gasteiger partial charge on any atom is -0.323 e. The maximum Gasteiger partial charge on any atom is 0.0604 e. The fourth-order valence-corrected chi connectivity index (χ4v) is 4.68. The molecule has 0 aliphatic heterocycles. The Bertz CT molecular complexity index is 704. The van der Waals surface area contributed by atoms with Gasteiger partial charge in [-0.15, -0.1) is 0 Å². The average Bonchev–Trinajstić information content (AvgIpc) is 2.50. The van der Waals surface area contributed by atoms with Gasteiger partial charge in [-0.25, -0.2) is 0 Å². The number of nitrogens with two attached hydrogens (primary N) is 1. The maximum absolute atomic E-state index is 12.8. The fraction of sp³-hybridized carbons (Fsp3) is 0.250. The van der Waals surface area contributed by atoms with E-state index in [0.717, 1.165) is 18.4 Å². The van der Waals surface area contributed by atoms with Crippen LogP contribution in [0.15, 0.2) is 47.4 Å². The summed E-state index contributed by atoms with van der Waals surface area (Å²) >= 11 is 11.9. The van der Waals surface area contributed by atoms with Crippen LogP contribution in [0.25, 0.3) is 0 Å². The second-order valence-electron chi connectivity index (χ2n) is 5.18. The van der Waals surface area contributed by atoms with Crippen molar-refractivity contribution in [2.24, 2.45) is 5.73 Å². The molecule has 2 N–H and O–H groups in total. The number of fused-ring (bicyclic) bond motifs is 1. The molecule has 0 saturated carbocycles. The molecule has 0 radical (unpaired) electrons. The molecule has 2 nitrogen and oxygen atoms in total. The molecule has 0 aromatic heterocycles. The molecule has 2 aromatic carbocycles. The van der Waals surface area contributed by atoms with Gasteiger partial charge in [0.15, 0.2) is 0 Å². The predicted octanol–water partition coefficient (Wildman–Crippen LogP) is 4.12. The summed E-state index contributed by atoms with van der Waals surface area (Å²) in [6.45, 7) is 0. The van der Waals surface area contributed by atoms with Gasteiger partial charge < -0.3 is 5.73 Å². The van der Waals surface area contributed by atoms with E-state index in [1.807, 2.05) is 18.2 Å². The van der Waals surface area contributed by atoms with Crippen LogP contribution in [0.4, 0.5) is 0 Å². The molecule has 3 unspecified atom stereocenters. The van der Waals surface area contributed by atoms with E-state index in [-0.39, 0.29) is 11.3 Å². The van der Waals surface area contributed by atoms with Crippen LogP contribution < -0.4 is 5.73 Å². The van der Waals surface area contributed by atoms with Gasteiger partial charge >= 0.3 is 0 Å². The van der Waals surface area contributed by atoms with Crippen LogP contribution in [0, 0.1) is 0 Å². The first-order chi connectivity index (χ1) is 10.1. The first kappa shape index (κ1) is 15.0. The number of benzene rings is 2. The van der Waals surface area contributed by atoms with E-state index in [9.17, 15) is 4.21 Å². The van der Waals surface area contributed by atoms with Gasteiger partial charge in [0, 0.05) is 10.9 Å². The molecule has 0 heterocycles. The molecule has 1 aliphatic rings. The lowest BCUT2D eigenvalue weighted by Crippen LogP contribution is -2.34. The monoisotopic (exact) mass is 339 g/mol. The summed E-state index contributed by atoms with van der Waals surface area (Å²) in [6, 6.07) is 13.0. The zero-order valence-corrected chi connectivity index (χ0v) is 13.6. The lowest BCUT2D eigenvalue weighted by atomic mass is 9.88. The Balaban J connectivity index is 1.91.